The van der Waals surface area contributed by atoms with Gasteiger partial charge in [-0.3, -0.25) is 4.79 Å². The van der Waals surface area contributed by atoms with E-state index in [0.717, 1.165) is 11.1 Å². The first-order valence-electron chi connectivity index (χ1n) is 5.33. The predicted octanol–water partition coefficient (Wildman–Crippen LogP) is 1.37. The first-order valence-corrected chi connectivity index (χ1v) is 5.33. The third kappa shape index (κ3) is 4.75. The summed E-state index contributed by atoms with van der Waals surface area (Å²) in [6, 6.07) is 7.98. The molecule has 0 saturated carbocycles. The Labute approximate surface area is 95.8 Å². The molecule has 0 aliphatic rings. The molecule has 0 bridgehead atoms. The van der Waals surface area contributed by atoms with Gasteiger partial charge in [0.05, 0.1) is 0 Å². The van der Waals surface area contributed by atoms with E-state index in [1.165, 1.54) is 6.92 Å². The summed E-state index contributed by atoms with van der Waals surface area (Å²) in [6.45, 7) is 2.23. The Hall–Kier alpha value is -1.61. The molecule has 0 unspecified atom stereocenters. The number of rotatable bonds is 5. The van der Waals surface area contributed by atoms with Gasteiger partial charge in [-0.15, -0.1) is 0 Å². The Bertz CT molecular complexity index is 355. The molecule has 0 fully saturated rings. The lowest BCUT2D eigenvalue weighted by Crippen LogP contribution is -2.19. The van der Waals surface area contributed by atoms with E-state index in [1.54, 1.807) is 0 Å². The number of aliphatic hydroxyl groups is 1. The summed E-state index contributed by atoms with van der Waals surface area (Å²) in [4.78, 5) is 10.6. The molecule has 3 heteroatoms. The molecular weight excluding hydrogens is 202 g/mol. The quantitative estimate of drug-likeness (QED) is 0.785. The van der Waals surface area contributed by atoms with Crippen molar-refractivity contribution in [2.75, 3.05) is 13.2 Å². The topological polar surface area (TPSA) is 49.3 Å². The smallest absolute Gasteiger partial charge is 0.217 e. The number of nitrogens with one attached hydrogen (secondary N) is 1. The van der Waals surface area contributed by atoms with Crippen LogP contribution in [0.15, 0.2) is 30.3 Å². The second-order valence-corrected chi connectivity index (χ2v) is 3.55. The first-order chi connectivity index (χ1) is 7.72. The highest BCUT2D eigenvalue weighted by atomic mass is 16.2. The van der Waals surface area contributed by atoms with Gasteiger partial charge in [0.25, 0.3) is 0 Å². The monoisotopic (exact) mass is 219 g/mol. The van der Waals surface area contributed by atoms with E-state index in [-0.39, 0.29) is 12.5 Å². The van der Waals surface area contributed by atoms with Crippen molar-refractivity contribution >= 4 is 12.0 Å². The van der Waals surface area contributed by atoms with E-state index in [4.69, 9.17) is 5.11 Å². The van der Waals surface area contributed by atoms with E-state index in [2.05, 4.69) is 5.32 Å². The number of benzene rings is 1. The molecule has 1 aromatic rings. The van der Waals surface area contributed by atoms with Gasteiger partial charge in [-0.25, -0.2) is 0 Å². The van der Waals surface area contributed by atoms with Crippen LogP contribution in [-0.2, 0) is 11.2 Å². The minimum absolute atomic E-state index is 0.0251. The fourth-order valence-electron chi connectivity index (χ4n) is 1.32. The third-order valence-corrected chi connectivity index (χ3v) is 2.16. The van der Waals surface area contributed by atoms with Crippen LogP contribution in [0.1, 0.15) is 18.1 Å². The molecule has 0 aliphatic carbocycles. The highest BCUT2D eigenvalue weighted by Crippen LogP contribution is 2.06. The van der Waals surface area contributed by atoms with Crippen LogP contribution in [0, 0.1) is 0 Å². The van der Waals surface area contributed by atoms with Gasteiger partial charge in [0.1, 0.15) is 0 Å². The lowest BCUT2D eigenvalue weighted by molar-refractivity contribution is -0.118. The van der Waals surface area contributed by atoms with Crippen molar-refractivity contribution in [1.29, 1.82) is 0 Å². The number of hydrogen-bond donors (Lipinski definition) is 2. The van der Waals surface area contributed by atoms with E-state index in [0.29, 0.717) is 13.0 Å². The van der Waals surface area contributed by atoms with Crippen LogP contribution in [0.2, 0.25) is 0 Å². The number of carbonyl (C=O) groups is 1. The van der Waals surface area contributed by atoms with Crippen LogP contribution < -0.4 is 5.32 Å². The summed E-state index contributed by atoms with van der Waals surface area (Å²) in [7, 11) is 0. The molecule has 86 valence electrons. The molecule has 0 saturated heterocycles. The van der Waals surface area contributed by atoms with Gasteiger partial charge in [-0.05, 0) is 17.5 Å². The molecule has 1 rings (SSSR count). The van der Waals surface area contributed by atoms with E-state index in [1.807, 2.05) is 36.4 Å². The Balaban J connectivity index is 2.45. The number of carbonyl (C=O) groups excluding carboxylic acids is 1. The van der Waals surface area contributed by atoms with Gasteiger partial charge >= 0.3 is 0 Å². The maximum absolute atomic E-state index is 10.6. The highest BCUT2D eigenvalue weighted by Gasteiger charge is 1.91. The number of aliphatic hydroxyl groups excluding tert-OH is 1. The summed E-state index contributed by atoms with van der Waals surface area (Å²) >= 11 is 0. The van der Waals surface area contributed by atoms with Crippen molar-refractivity contribution in [3.05, 3.63) is 41.5 Å². The minimum Gasteiger partial charge on any atom is -0.396 e. The van der Waals surface area contributed by atoms with Gasteiger partial charge in [0, 0.05) is 20.1 Å². The molecule has 0 spiro atoms. The summed E-state index contributed by atoms with van der Waals surface area (Å²) in [6.07, 6.45) is 4.55. The summed E-state index contributed by atoms with van der Waals surface area (Å²) < 4.78 is 0. The van der Waals surface area contributed by atoms with Crippen LogP contribution in [0.25, 0.3) is 6.08 Å². The Morgan fingerprint density at radius 2 is 2.06 bits per heavy atom. The molecule has 0 aromatic heterocycles. The molecular formula is C13H17NO2. The molecule has 0 radical (unpaired) electrons. The number of amides is 1. The molecule has 0 heterocycles. The standard InChI is InChI=1S/C13H17NO2/c1-11(16)14-9-2-3-12-4-6-13(7-5-12)8-10-15/h2-7,15H,8-10H2,1H3,(H,14,16). The molecule has 0 aliphatic heterocycles. The van der Waals surface area contributed by atoms with Crippen LogP contribution >= 0.6 is 0 Å². The van der Waals surface area contributed by atoms with Crippen molar-refractivity contribution in [3.63, 3.8) is 0 Å². The lowest BCUT2D eigenvalue weighted by Gasteiger charge is -1.99. The maximum atomic E-state index is 10.6. The van der Waals surface area contributed by atoms with Crippen molar-refractivity contribution in [1.82, 2.24) is 5.32 Å². The Morgan fingerprint density at radius 3 is 2.62 bits per heavy atom. The summed E-state index contributed by atoms with van der Waals surface area (Å²) in [5, 5.41) is 11.4. The minimum atomic E-state index is -0.0251. The Kier molecular flexibility index (Phi) is 5.29. The highest BCUT2D eigenvalue weighted by molar-refractivity contribution is 5.73. The summed E-state index contributed by atoms with van der Waals surface area (Å²) in [5.41, 5.74) is 2.22. The average molecular weight is 219 g/mol. The normalized spacial score (nSPS) is 10.6. The fourth-order valence-corrected chi connectivity index (χ4v) is 1.32. The van der Waals surface area contributed by atoms with Gasteiger partial charge < -0.3 is 10.4 Å². The summed E-state index contributed by atoms with van der Waals surface area (Å²) in [5.74, 6) is -0.0251. The second-order valence-electron chi connectivity index (χ2n) is 3.55. The van der Waals surface area contributed by atoms with Crippen LogP contribution in [0.5, 0.6) is 0 Å². The molecule has 16 heavy (non-hydrogen) atoms. The average Bonchev–Trinajstić information content (AvgIpc) is 2.27. The van der Waals surface area contributed by atoms with Gasteiger partial charge in [0.2, 0.25) is 5.91 Å². The maximum Gasteiger partial charge on any atom is 0.217 e. The fraction of sp³-hybridized carbons (Fsp3) is 0.308. The lowest BCUT2D eigenvalue weighted by atomic mass is 10.1. The van der Waals surface area contributed by atoms with Crippen molar-refractivity contribution in [2.24, 2.45) is 0 Å². The second kappa shape index (κ2) is 6.80. The molecule has 0 atom stereocenters. The molecule has 1 aromatic carbocycles. The van der Waals surface area contributed by atoms with Crippen LogP contribution in [0.3, 0.4) is 0 Å². The zero-order valence-electron chi connectivity index (χ0n) is 9.44. The van der Waals surface area contributed by atoms with E-state index in [9.17, 15) is 4.79 Å². The molecule has 2 N–H and O–H groups in total. The number of hydrogen-bond acceptors (Lipinski definition) is 2. The Morgan fingerprint density at radius 1 is 1.38 bits per heavy atom. The van der Waals surface area contributed by atoms with Crippen molar-refractivity contribution in [2.45, 2.75) is 13.3 Å². The SMILES string of the molecule is CC(=O)NCC=Cc1ccc(CCO)cc1. The van der Waals surface area contributed by atoms with Crippen molar-refractivity contribution < 1.29 is 9.90 Å². The first kappa shape index (κ1) is 12.5. The largest absolute Gasteiger partial charge is 0.396 e. The molecule has 1 amide bonds. The van der Waals surface area contributed by atoms with E-state index < -0.39 is 0 Å². The van der Waals surface area contributed by atoms with E-state index >= 15 is 0 Å². The third-order valence-electron chi connectivity index (χ3n) is 2.16. The van der Waals surface area contributed by atoms with Gasteiger partial charge in [-0.2, -0.15) is 0 Å². The van der Waals surface area contributed by atoms with Crippen molar-refractivity contribution in [3.8, 4) is 0 Å². The van der Waals surface area contributed by atoms with Crippen LogP contribution in [-0.4, -0.2) is 24.2 Å². The zero-order chi connectivity index (χ0) is 11.8. The zero-order valence-corrected chi connectivity index (χ0v) is 9.44. The van der Waals surface area contributed by atoms with Gasteiger partial charge in [-0.1, -0.05) is 36.4 Å². The van der Waals surface area contributed by atoms with Gasteiger partial charge in [0.15, 0.2) is 0 Å². The van der Waals surface area contributed by atoms with Crippen LogP contribution in [0.4, 0.5) is 0 Å². The predicted molar refractivity (Wildman–Crippen MR) is 64.9 cm³/mol. The molecule has 3 nitrogen and oxygen atoms in total.